The largest absolute Gasteiger partial charge is 0.780 e. The number of ether oxygens (including phenoxy) is 1. The van der Waals surface area contributed by atoms with Gasteiger partial charge in [-0.1, -0.05) is 31.4 Å². The molecule has 2 aromatic rings. The highest BCUT2D eigenvalue weighted by Crippen LogP contribution is 2.29. The molecule has 1 N–H and O–H groups in total. The summed E-state index contributed by atoms with van der Waals surface area (Å²) in [5.41, 5.74) is 2.31. The summed E-state index contributed by atoms with van der Waals surface area (Å²) < 4.78 is 20.9. The van der Waals surface area contributed by atoms with Crippen molar-refractivity contribution in [3.63, 3.8) is 0 Å². The summed E-state index contributed by atoms with van der Waals surface area (Å²) in [6.07, 6.45) is 6.39. The monoisotopic (exact) mass is 431 g/mol. The van der Waals surface area contributed by atoms with Crippen molar-refractivity contribution in [3.05, 3.63) is 59.2 Å². The fourth-order valence-corrected chi connectivity index (χ4v) is 4.01. The Bertz CT molecular complexity index is 902. The highest BCUT2D eigenvalue weighted by Gasteiger charge is 2.14. The molecule has 2 aromatic carbocycles. The number of benzene rings is 2. The fraction of sp³-hybridized carbons (Fsp3) is 0.409. The van der Waals surface area contributed by atoms with E-state index in [1.54, 1.807) is 0 Å². The Morgan fingerprint density at radius 1 is 1.10 bits per heavy atom. The van der Waals surface area contributed by atoms with Gasteiger partial charge in [0, 0.05) is 12.1 Å². The van der Waals surface area contributed by atoms with E-state index in [-0.39, 0.29) is 11.7 Å². The Labute approximate surface area is 176 Å². The van der Waals surface area contributed by atoms with Crippen molar-refractivity contribution >= 4 is 13.7 Å². The third kappa shape index (κ3) is 6.87. The van der Waals surface area contributed by atoms with Crippen LogP contribution in [0.4, 0.5) is 0 Å². The third-order valence-corrected chi connectivity index (χ3v) is 5.66. The lowest BCUT2D eigenvalue weighted by molar-refractivity contribution is -0.333. The summed E-state index contributed by atoms with van der Waals surface area (Å²) in [6.45, 7) is 3.09. The van der Waals surface area contributed by atoms with Crippen LogP contribution in [0.2, 0.25) is 0 Å². The van der Waals surface area contributed by atoms with Crippen LogP contribution in [0, 0.1) is 12.8 Å². The van der Waals surface area contributed by atoms with Gasteiger partial charge in [-0.3, -0.25) is 4.79 Å². The minimum absolute atomic E-state index is 0.126. The van der Waals surface area contributed by atoms with Crippen molar-refractivity contribution in [1.82, 2.24) is 5.32 Å². The number of carbonyl (C=O) groups excluding carboxylic acids is 1. The topological polar surface area (TPSA) is 111 Å². The summed E-state index contributed by atoms with van der Waals surface area (Å²) >= 11 is 0. The molecule has 0 atom stereocenters. The maximum atomic E-state index is 12.3. The van der Waals surface area contributed by atoms with E-state index >= 15 is 0 Å². The first-order chi connectivity index (χ1) is 14.3. The molecule has 0 unspecified atom stereocenters. The Morgan fingerprint density at radius 3 is 2.43 bits per heavy atom. The van der Waals surface area contributed by atoms with Crippen LogP contribution in [0.5, 0.6) is 11.5 Å². The Kier molecular flexibility index (Phi) is 7.53. The van der Waals surface area contributed by atoms with Gasteiger partial charge in [-0.2, -0.15) is 0 Å². The average Bonchev–Trinajstić information content (AvgIpc) is 2.71. The van der Waals surface area contributed by atoms with Gasteiger partial charge >= 0.3 is 0 Å². The molecular weight excluding hydrogens is 405 g/mol. The number of amides is 1. The zero-order valence-electron chi connectivity index (χ0n) is 17.0. The van der Waals surface area contributed by atoms with Crippen LogP contribution in [0.25, 0.3) is 0 Å². The molecule has 0 radical (unpaired) electrons. The van der Waals surface area contributed by atoms with Gasteiger partial charge in [-0.05, 0) is 67.1 Å². The van der Waals surface area contributed by atoms with E-state index in [0.717, 1.165) is 23.5 Å². The summed E-state index contributed by atoms with van der Waals surface area (Å²) in [7, 11) is -5.11. The molecule has 1 aliphatic carbocycles. The molecule has 0 spiro atoms. The van der Waals surface area contributed by atoms with Crippen molar-refractivity contribution < 1.29 is 28.4 Å². The van der Waals surface area contributed by atoms with Gasteiger partial charge in [0.1, 0.15) is 19.3 Å². The maximum Gasteiger partial charge on any atom is 0.251 e. The summed E-state index contributed by atoms with van der Waals surface area (Å²) in [5.74, 6) is 1.08. The van der Waals surface area contributed by atoms with Crippen molar-refractivity contribution in [2.24, 2.45) is 5.92 Å². The second kappa shape index (κ2) is 10.1. The number of hydrogen-bond acceptors (Lipinski definition) is 6. The molecule has 0 saturated heterocycles. The summed E-state index contributed by atoms with van der Waals surface area (Å²) in [5, 5.41) is 2.81. The number of phosphoric ester groups is 1. The highest BCUT2D eigenvalue weighted by atomic mass is 31.2. The molecule has 0 aliphatic heterocycles. The molecule has 0 heterocycles. The molecular formula is C22H26NO6P-2. The molecule has 1 amide bonds. The Morgan fingerprint density at radius 2 is 1.80 bits per heavy atom. The molecule has 1 aliphatic rings. The van der Waals surface area contributed by atoms with Crippen LogP contribution in [-0.4, -0.2) is 12.5 Å². The fourth-order valence-electron chi connectivity index (χ4n) is 3.63. The quantitative estimate of drug-likeness (QED) is 0.643. The SMILES string of the molecule is Cc1cc(CNC(=O)c2ccc(OP(=O)([O-])[O-])cc2)ccc1OCC1CCCCC1. The number of aryl methyl sites for hydroxylation is 1. The number of carbonyl (C=O) groups is 1. The zero-order valence-corrected chi connectivity index (χ0v) is 17.9. The van der Waals surface area contributed by atoms with Crippen LogP contribution in [0.3, 0.4) is 0 Å². The lowest BCUT2D eigenvalue weighted by Crippen LogP contribution is -2.23. The molecule has 162 valence electrons. The van der Waals surface area contributed by atoms with Crippen molar-refractivity contribution in [2.45, 2.75) is 45.6 Å². The molecule has 0 aromatic heterocycles. The van der Waals surface area contributed by atoms with Crippen LogP contribution in [0.15, 0.2) is 42.5 Å². The Hall–Kier alpha value is -2.34. The van der Waals surface area contributed by atoms with E-state index in [4.69, 9.17) is 4.74 Å². The Balaban J connectivity index is 1.50. The predicted octanol–water partition coefficient (Wildman–Crippen LogP) is 3.09. The number of rotatable bonds is 8. The number of hydrogen-bond donors (Lipinski definition) is 1. The van der Waals surface area contributed by atoms with E-state index < -0.39 is 7.82 Å². The molecule has 1 fully saturated rings. The van der Waals surface area contributed by atoms with E-state index in [2.05, 4.69) is 9.84 Å². The van der Waals surface area contributed by atoms with Gasteiger partial charge in [0.15, 0.2) is 0 Å². The van der Waals surface area contributed by atoms with Crippen LogP contribution in [0.1, 0.15) is 53.6 Å². The van der Waals surface area contributed by atoms with Crippen LogP contribution < -0.4 is 24.4 Å². The predicted molar refractivity (Wildman–Crippen MR) is 109 cm³/mol. The van der Waals surface area contributed by atoms with Crippen molar-refractivity contribution in [3.8, 4) is 11.5 Å². The van der Waals surface area contributed by atoms with Gasteiger partial charge < -0.3 is 28.9 Å². The third-order valence-electron chi connectivity index (χ3n) is 5.23. The highest BCUT2D eigenvalue weighted by molar-refractivity contribution is 7.43. The van der Waals surface area contributed by atoms with E-state index in [9.17, 15) is 19.1 Å². The summed E-state index contributed by atoms with van der Waals surface area (Å²) in [6, 6.07) is 11.2. The number of nitrogens with one attached hydrogen (secondary N) is 1. The molecule has 3 rings (SSSR count). The second-order valence-corrected chi connectivity index (χ2v) is 8.74. The van der Waals surface area contributed by atoms with Crippen molar-refractivity contribution in [2.75, 3.05) is 6.61 Å². The van der Waals surface area contributed by atoms with E-state index in [1.165, 1.54) is 56.4 Å². The molecule has 7 nitrogen and oxygen atoms in total. The molecule has 1 saturated carbocycles. The van der Waals surface area contributed by atoms with Gasteiger partial charge in [0.05, 0.1) is 6.61 Å². The number of phosphoric acid groups is 1. The van der Waals surface area contributed by atoms with E-state index in [0.29, 0.717) is 18.0 Å². The van der Waals surface area contributed by atoms with Crippen LogP contribution >= 0.6 is 7.82 Å². The van der Waals surface area contributed by atoms with Crippen molar-refractivity contribution in [1.29, 1.82) is 0 Å². The lowest BCUT2D eigenvalue weighted by Gasteiger charge is -2.28. The molecule has 0 bridgehead atoms. The van der Waals surface area contributed by atoms with Gasteiger partial charge in [-0.25, -0.2) is 0 Å². The zero-order chi connectivity index (χ0) is 21.6. The smallest absolute Gasteiger partial charge is 0.251 e. The first-order valence-electron chi connectivity index (χ1n) is 10.1. The standard InChI is InChI=1S/C22H28NO6P/c1-16-13-18(7-12-21(16)28-15-17-5-3-2-4-6-17)14-23-22(24)19-8-10-20(11-9-19)29-30(25,26)27/h7-13,17H,2-6,14-15H2,1H3,(H,23,24)(H2,25,26,27)/p-2. The second-order valence-electron chi connectivity index (χ2n) is 7.66. The van der Waals surface area contributed by atoms with Crippen LogP contribution in [-0.2, 0) is 11.1 Å². The first-order valence-corrected chi connectivity index (χ1v) is 11.6. The van der Waals surface area contributed by atoms with Gasteiger partial charge in [-0.15, -0.1) is 0 Å². The first kappa shape index (κ1) is 22.3. The molecule has 8 heteroatoms. The minimum atomic E-state index is -5.11. The minimum Gasteiger partial charge on any atom is -0.780 e. The average molecular weight is 431 g/mol. The normalized spacial score (nSPS) is 14.9. The molecule has 30 heavy (non-hydrogen) atoms. The van der Waals surface area contributed by atoms with Gasteiger partial charge in [0.2, 0.25) is 0 Å². The summed E-state index contributed by atoms with van der Waals surface area (Å²) in [4.78, 5) is 33.5. The van der Waals surface area contributed by atoms with E-state index in [1.807, 2.05) is 25.1 Å². The maximum absolute atomic E-state index is 12.3. The lowest BCUT2D eigenvalue weighted by atomic mass is 9.90. The van der Waals surface area contributed by atoms with Gasteiger partial charge in [0.25, 0.3) is 5.91 Å².